The lowest BCUT2D eigenvalue weighted by Gasteiger charge is -2.23. The summed E-state index contributed by atoms with van der Waals surface area (Å²) in [7, 11) is 18.4. The van der Waals surface area contributed by atoms with Crippen molar-refractivity contribution in [1.29, 1.82) is 0 Å². The van der Waals surface area contributed by atoms with Gasteiger partial charge in [-0.05, 0) is 33.0 Å². The van der Waals surface area contributed by atoms with Crippen LogP contribution < -0.4 is 0 Å². The fourth-order valence-corrected chi connectivity index (χ4v) is 2.52. The zero-order valence-electron chi connectivity index (χ0n) is 17.4. The third kappa shape index (κ3) is 9.60. The van der Waals surface area contributed by atoms with Crippen LogP contribution in [0.25, 0.3) is 0 Å². The minimum atomic E-state index is 0.861. The van der Waals surface area contributed by atoms with E-state index in [9.17, 15) is 0 Å². The molecule has 0 fully saturated rings. The van der Waals surface area contributed by atoms with Crippen molar-refractivity contribution in [1.82, 2.24) is 24.5 Å². The van der Waals surface area contributed by atoms with Crippen molar-refractivity contribution >= 4 is 11.9 Å². The molecular weight excluding hydrogens is 302 g/mol. The van der Waals surface area contributed by atoms with Crippen molar-refractivity contribution in [2.45, 2.75) is 12.8 Å². The number of nitrogens with zero attached hydrogens (tertiary/aromatic N) is 7. The summed E-state index contributed by atoms with van der Waals surface area (Å²) in [5, 5.41) is 0. The maximum absolute atomic E-state index is 4.66. The average Bonchev–Trinajstić information content (AvgIpc) is 2.44. The Labute approximate surface area is 149 Å². The minimum Gasteiger partial charge on any atom is -0.349 e. The highest BCUT2D eigenvalue weighted by atomic mass is 15.3. The molecule has 0 amide bonds. The Hall–Kier alpha value is -1.50. The van der Waals surface area contributed by atoms with Crippen molar-refractivity contribution in [3.05, 3.63) is 0 Å². The highest BCUT2D eigenvalue weighted by Crippen LogP contribution is 1.96. The smallest absolute Gasteiger partial charge is 0.195 e. The quantitative estimate of drug-likeness (QED) is 0.368. The lowest BCUT2D eigenvalue weighted by Crippen LogP contribution is -2.35. The normalized spacial score (nSPS) is 10.4. The molecule has 0 atom stereocenters. The van der Waals surface area contributed by atoms with Crippen LogP contribution in [0.3, 0.4) is 0 Å². The predicted octanol–water partition coefficient (Wildman–Crippen LogP) is 0.657. The Kier molecular flexibility index (Phi) is 11.2. The van der Waals surface area contributed by atoms with E-state index in [1.807, 2.05) is 56.4 Å². The van der Waals surface area contributed by atoms with Crippen LogP contribution in [0.5, 0.6) is 0 Å². The molecule has 0 aliphatic heterocycles. The molecule has 7 heteroatoms. The van der Waals surface area contributed by atoms with E-state index in [0.29, 0.717) is 0 Å². The summed E-state index contributed by atoms with van der Waals surface area (Å²) in [4.78, 5) is 19.9. The molecule has 7 nitrogen and oxygen atoms in total. The summed E-state index contributed by atoms with van der Waals surface area (Å²) >= 11 is 0. The molecule has 142 valence electrons. The van der Waals surface area contributed by atoms with Crippen LogP contribution in [-0.2, 0) is 0 Å². The molecule has 0 saturated carbocycles. The third-order valence-electron chi connectivity index (χ3n) is 3.50. The van der Waals surface area contributed by atoms with Gasteiger partial charge in [-0.1, -0.05) is 0 Å². The zero-order valence-corrected chi connectivity index (χ0v) is 17.4. The molecule has 24 heavy (non-hydrogen) atoms. The minimum absolute atomic E-state index is 0.861. The van der Waals surface area contributed by atoms with Crippen molar-refractivity contribution in [3.8, 4) is 0 Å². The molecule has 0 spiro atoms. The topological polar surface area (TPSA) is 40.9 Å². The first kappa shape index (κ1) is 22.5. The molecule has 0 aromatic carbocycles. The van der Waals surface area contributed by atoms with E-state index >= 15 is 0 Å². The van der Waals surface area contributed by atoms with Gasteiger partial charge in [-0.2, -0.15) is 0 Å². The predicted molar refractivity (Wildman–Crippen MR) is 106 cm³/mol. The summed E-state index contributed by atoms with van der Waals surface area (Å²) in [6, 6.07) is 0. The van der Waals surface area contributed by atoms with Crippen LogP contribution in [0.2, 0.25) is 0 Å². The van der Waals surface area contributed by atoms with Gasteiger partial charge in [0.25, 0.3) is 0 Å². The van der Waals surface area contributed by atoms with Gasteiger partial charge in [0.05, 0.1) is 0 Å². The van der Waals surface area contributed by atoms with Crippen molar-refractivity contribution < 1.29 is 0 Å². The summed E-state index contributed by atoms with van der Waals surface area (Å²) in [5.74, 6) is 2.04. The molecular formula is C17H39N7. The van der Waals surface area contributed by atoms with Crippen LogP contribution in [0, 0.1) is 0 Å². The van der Waals surface area contributed by atoms with E-state index in [2.05, 4.69) is 41.5 Å². The Balaban J connectivity index is 4.05. The fraction of sp³-hybridized carbons (Fsp3) is 0.882. The van der Waals surface area contributed by atoms with Gasteiger partial charge in [-0.25, -0.2) is 0 Å². The summed E-state index contributed by atoms with van der Waals surface area (Å²) < 4.78 is 0. The molecule has 0 bridgehead atoms. The van der Waals surface area contributed by atoms with Crippen LogP contribution in [-0.4, -0.2) is 126 Å². The zero-order chi connectivity index (χ0) is 18.7. The van der Waals surface area contributed by atoms with Gasteiger partial charge in [0, 0.05) is 69.5 Å². The van der Waals surface area contributed by atoms with Gasteiger partial charge in [0.1, 0.15) is 0 Å². The number of aliphatic imine (C=N–C) groups is 2. The summed E-state index contributed by atoms with van der Waals surface area (Å²) in [6.45, 7) is 3.85. The van der Waals surface area contributed by atoms with Crippen LogP contribution in [0.15, 0.2) is 9.98 Å². The highest BCUT2D eigenvalue weighted by molar-refractivity contribution is 5.79. The number of hydrogen-bond acceptors (Lipinski definition) is 3. The molecule has 0 heterocycles. The van der Waals surface area contributed by atoms with Gasteiger partial charge in [-0.3, -0.25) is 9.98 Å². The SMILES string of the molecule is CN(CCCN=C(N(C)C)N(C)C)CCCN=C(N(C)C)N(C)C. The second-order valence-electron chi connectivity index (χ2n) is 6.95. The van der Waals surface area contributed by atoms with Gasteiger partial charge >= 0.3 is 0 Å². The van der Waals surface area contributed by atoms with E-state index in [1.54, 1.807) is 0 Å². The van der Waals surface area contributed by atoms with Crippen LogP contribution in [0.1, 0.15) is 12.8 Å². The molecule has 0 unspecified atom stereocenters. The van der Waals surface area contributed by atoms with Crippen LogP contribution >= 0.6 is 0 Å². The fourth-order valence-electron chi connectivity index (χ4n) is 2.52. The molecule has 0 aromatic heterocycles. The van der Waals surface area contributed by atoms with Crippen molar-refractivity contribution in [2.24, 2.45) is 9.98 Å². The summed E-state index contributed by atoms with van der Waals surface area (Å²) in [5.41, 5.74) is 0. The molecule has 0 N–H and O–H groups in total. The first-order valence-corrected chi connectivity index (χ1v) is 8.63. The van der Waals surface area contributed by atoms with E-state index in [4.69, 9.17) is 0 Å². The molecule has 0 aliphatic rings. The maximum atomic E-state index is 4.66. The van der Waals surface area contributed by atoms with Gasteiger partial charge in [0.15, 0.2) is 11.9 Å². The molecule has 0 rings (SSSR count). The Morgan fingerprint density at radius 2 is 0.833 bits per heavy atom. The Morgan fingerprint density at radius 3 is 1.08 bits per heavy atom. The first-order chi connectivity index (χ1) is 11.2. The van der Waals surface area contributed by atoms with Crippen molar-refractivity contribution in [2.75, 3.05) is 89.6 Å². The molecule has 0 radical (unpaired) electrons. The van der Waals surface area contributed by atoms with Gasteiger partial charge < -0.3 is 24.5 Å². The first-order valence-electron chi connectivity index (χ1n) is 8.63. The molecule has 0 aliphatic carbocycles. The monoisotopic (exact) mass is 341 g/mol. The average molecular weight is 342 g/mol. The van der Waals surface area contributed by atoms with Gasteiger partial charge in [-0.15, -0.1) is 0 Å². The second kappa shape index (κ2) is 11.9. The van der Waals surface area contributed by atoms with Gasteiger partial charge in [0.2, 0.25) is 0 Å². The van der Waals surface area contributed by atoms with Crippen LogP contribution in [0.4, 0.5) is 0 Å². The van der Waals surface area contributed by atoms with E-state index < -0.39 is 0 Å². The number of hydrogen-bond donors (Lipinski definition) is 0. The highest BCUT2D eigenvalue weighted by Gasteiger charge is 2.05. The lowest BCUT2D eigenvalue weighted by molar-refractivity contribution is 0.328. The molecule has 0 saturated heterocycles. The standard InChI is InChI=1S/C17H39N7/c1-20(2)16(21(3)4)18-12-10-14-24(9)15-11-13-19-17(22(5)6)23(7)8/h10-15H2,1-9H3. The largest absolute Gasteiger partial charge is 0.349 e. The maximum Gasteiger partial charge on any atom is 0.195 e. The Bertz CT molecular complexity index is 330. The lowest BCUT2D eigenvalue weighted by atomic mass is 10.3. The van der Waals surface area contributed by atoms with E-state index in [-0.39, 0.29) is 0 Å². The van der Waals surface area contributed by atoms with E-state index in [0.717, 1.165) is 50.9 Å². The number of rotatable bonds is 8. The summed E-state index contributed by atoms with van der Waals surface area (Å²) in [6.07, 6.45) is 2.15. The Morgan fingerprint density at radius 1 is 0.542 bits per heavy atom. The molecule has 0 aromatic rings. The number of guanidine groups is 2. The third-order valence-corrected chi connectivity index (χ3v) is 3.50. The van der Waals surface area contributed by atoms with E-state index in [1.165, 1.54) is 0 Å². The van der Waals surface area contributed by atoms with Crippen molar-refractivity contribution in [3.63, 3.8) is 0 Å². The second-order valence-corrected chi connectivity index (χ2v) is 6.95.